The molecule has 6 heteroatoms. The number of amides is 1. The molecule has 5 nitrogen and oxygen atoms in total. The maximum absolute atomic E-state index is 13.5. The monoisotopic (exact) mass is 465 g/mol. The molecule has 3 aromatic carbocycles. The van der Waals surface area contributed by atoms with Crippen LogP contribution in [-0.4, -0.2) is 20.9 Å². The summed E-state index contributed by atoms with van der Waals surface area (Å²) in [4.78, 5) is 13.4. The molecule has 0 saturated heterocycles. The van der Waals surface area contributed by atoms with Gasteiger partial charge in [0.05, 0.1) is 10.6 Å². The summed E-state index contributed by atoms with van der Waals surface area (Å²) in [6, 6.07) is 20.9. The Morgan fingerprint density at radius 3 is 2.09 bits per heavy atom. The van der Waals surface area contributed by atoms with Crippen molar-refractivity contribution in [3.8, 4) is 5.75 Å². The third-order valence-electron chi connectivity index (χ3n) is 5.41. The van der Waals surface area contributed by atoms with Crippen LogP contribution in [0.1, 0.15) is 44.4 Å². The summed E-state index contributed by atoms with van der Waals surface area (Å²) in [6.45, 7) is 9.65. The van der Waals surface area contributed by atoms with E-state index >= 15 is 0 Å². The highest BCUT2D eigenvalue weighted by atomic mass is 32.2. The molecule has 3 aromatic rings. The van der Waals surface area contributed by atoms with Gasteiger partial charge in [-0.15, -0.1) is 0 Å². The van der Waals surface area contributed by atoms with Crippen molar-refractivity contribution in [2.24, 2.45) is 0 Å². The van der Waals surface area contributed by atoms with Gasteiger partial charge in [0.1, 0.15) is 5.75 Å². The van der Waals surface area contributed by atoms with E-state index in [4.69, 9.17) is 4.74 Å². The van der Waals surface area contributed by atoms with Crippen LogP contribution in [-0.2, 0) is 26.7 Å². The number of anilines is 1. The smallest absolute Gasteiger partial charge is 0.278 e. The second kappa shape index (κ2) is 9.79. The number of nitrogens with zero attached hydrogens (tertiary/aromatic N) is 1. The molecule has 0 atom stereocenters. The van der Waals surface area contributed by atoms with Gasteiger partial charge in [-0.25, -0.2) is 8.42 Å². The Morgan fingerprint density at radius 2 is 1.52 bits per heavy atom. The minimum absolute atomic E-state index is 0.0520. The fourth-order valence-corrected chi connectivity index (χ4v) is 4.92. The van der Waals surface area contributed by atoms with E-state index in [-0.39, 0.29) is 16.0 Å². The van der Waals surface area contributed by atoms with Crippen molar-refractivity contribution >= 4 is 21.6 Å². The largest absolute Gasteiger partial charge is 0.483 e. The van der Waals surface area contributed by atoms with Crippen LogP contribution in [0.3, 0.4) is 0 Å². The molecule has 0 aromatic heterocycles. The number of carbonyl (C=O) groups excluding carboxylic acids is 1. The van der Waals surface area contributed by atoms with Crippen LogP contribution in [0, 0.1) is 6.92 Å². The van der Waals surface area contributed by atoms with Gasteiger partial charge in [0, 0.05) is 0 Å². The lowest BCUT2D eigenvalue weighted by Crippen LogP contribution is -2.40. The van der Waals surface area contributed by atoms with Crippen LogP contribution < -0.4 is 9.04 Å². The first-order chi connectivity index (χ1) is 15.5. The molecule has 0 spiro atoms. The first-order valence-corrected chi connectivity index (χ1v) is 12.4. The lowest BCUT2D eigenvalue weighted by molar-refractivity contribution is -0.119. The standard InChI is InChI=1S/C27H31NO4S/c1-6-21-13-15-22(16-14-21)28(33(30,31)23-17-11-20(2)12-18-23)26(29)19-32-25-10-8-7-9-24(25)27(3,4)5/h7-18H,6,19H2,1-5H3. The second-order valence-electron chi connectivity index (χ2n) is 9.03. The van der Waals surface area contributed by atoms with Crippen LogP contribution >= 0.6 is 0 Å². The van der Waals surface area contributed by atoms with E-state index in [1.54, 1.807) is 30.3 Å². The first kappa shape index (κ1) is 24.5. The molecule has 0 fully saturated rings. The maximum Gasteiger partial charge on any atom is 0.278 e. The molecule has 0 saturated carbocycles. The van der Waals surface area contributed by atoms with Crippen LogP contribution in [0.25, 0.3) is 0 Å². The van der Waals surface area contributed by atoms with E-state index in [2.05, 4.69) is 20.8 Å². The summed E-state index contributed by atoms with van der Waals surface area (Å²) in [5.74, 6) is -0.101. The van der Waals surface area contributed by atoms with E-state index in [0.717, 1.165) is 27.4 Å². The number of benzene rings is 3. The van der Waals surface area contributed by atoms with Crippen LogP contribution in [0.4, 0.5) is 5.69 Å². The number of sulfonamides is 1. The average molecular weight is 466 g/mol. The van der Waals surface area contributed by atoms with Gasteiger partial charge in [0.2, 0.25) is 0 Å². The van der Waals surface area contributed by atoms with Crippen molar-refractivity contribution in [1.82, 2.24) is 0 Å². The maximum atomic E-state index is 13.5. The molecule has 0 aliphatic heterocycles. The molecule has 3 rings (SSSR count). The highest BCUT2D eigenvalue weighted by Crippen LogP contribution is 2.31. The van der Waals surface area contributed by atoms with Crippen molar-refractivity contribution in [1.29, 1.82) is 0 Å². The Bertz CT molecular complexity index is 1210. The van der Waals surface area contributed by atoms with Crippen molar-refractivity contribution < 1.29 is 17.9 Å². The Balaban J connectivity index is 1.97. The third-order valence-corrected chi connectivity index (χ3v) is 7.17. The number of rotatable bonds is 7. The molecule has 174 valence electrons. The quantitative estimate of drug-likeness (QED) is 0.452. The zero-order chi connectivity index (χ0) is 24.2. The predicted molar refractivity (Wildman–Crippen MR) is 132 cm³/mol. The fraction of sp³-hybridized carbons (Fsp3) is 0.296. The van der Waals surface area contributed by atoms with Gasteiger partial charge in [-0.2, -0.15) is 4.31 Å². The number of para-hydroxylation sites is 1. The molecular weight excluding hydrogens is 434 g/mol. The van der Waals surface area contributed by atoms with E-state index in [9.17, 15) is 13.2 Å². The molecule has 0 bridgehead atoms. The Hall–Kier alpha value is -3.12. The number of hydrogen-bond donors (Lipinski definition) is 0. The van der Waals surface area contributed by atoms with Gasteiger partial charge in [-0.3, -0.25) is 4.79 Å². The molecule has 0 N–H and O–H groups in total. The van der Waals surface area contributed by atoms with Gasteiger partial charge in [0.15, 0.2) is 6.61 Å². The summed E-state index contributed by atoms with van der Waals surface area (Å²) >= 11 is 0. The fourth-order valence-electron chi connectivity index (χ4n) is 3.51. The molecular formula is C27H31NO4S. The van der Waals surface area contributed by atoms with Gasteiger partial charge >= 0.3 is 0 Å². The number of carbonyl (C=O) groups is 1. The zero-order valence-corrected chi connectivity index (χ0v) is 20.6. The summed E-state index contributed by atoms with van der Waals surface area (Å²) in [5, 5.41) is 0. The minimum atomic E-state index is -4.13. The van der Waals surface area contributed by atoms with E-state index in [1.807, 2.05) is 44.2 Å². The number of aryl methyl sites for hydroxylation is 2. The topological polar surface area (TPSA) is 63.7 Å². The predicted octanol–water partition coefficient (Wildman–Crippen LogP) is 5.66. The van der Waals surface area contributed by atoms with E-state index < -0.39 is 22.5 Å². The normalized spacial score (nSPS) is 11.8. The van der Waals surface area contributed by atoms with Gasteiger partial charge in [-0.05, 0) is 60.2 Å². The summed E-state index contributed by atoms with van der Waals surface area (Å²) in [7, 11) is -4.13. The van der Waals surface area contributed by atoms with E-state index in [0.29, 0.717) is 5.75 Å². The summed E-state index contributed by atoms with van der Waals surface area (Å²) in [5.41, 5.74) is 3.02. The lowest BCUT2D eigenvalue weighted by atomic mass is 9.86. The molecule has 0 aliphatic carbocycles. The van der Waals surface area contributed by atoms with Crippen molar-refractivity contribution in [3.63, 3.8) is 0 Å². The van der Waals surface area contributed by atoms with Crippen molar-refractivity contribution in [2.45, 2.75) is 51.3 Å². The molecule has 0 unspecified atom stereocenters. The lowest BCUT2D eigenvalue weighted by Gasteiger charge is -2.25. The SMILES string of the molecule is CCc1ccc(N(C(=O)COc2ccccc2C(C)(C)C)S(=O)(=O)c2ccc(C)cc2)cc1. The van der Waals surface area contributed by atoms with Crippen LogP contribution in [0.2, 0.25) is 0 Å². The second-order valence-corrected chi connectivity index (χ2v) is 10.8. The van der Waals surface area contributed by atoms with Crippen LogP contribution in [0.15, 0.2) is 77.7 Å². The minimum Gasteiger partial charge on any atom is -0.483 e. The molecule has 33 heavy (non-hydrogen) atoms. The molecule has 1 amide bonds. The van der Waals surface area contributed by atoms with Gasteiger partial charge < -0.3 is 4.74 Å². The third kappa shape index (κ3) is 5.63. The van der Waals surface area contributed by atoms with Crippen molar-refractivity contribution in [2.75, 3.05) is 10.9 Å². The number of hydrogen-bond acceptors (Lipinski definition) is 4. The van der Waals surface area contributed by atoms with Crippen molar-refractivity contribution in [3.05, 3.63) is 89.5 Å². The molecule has 0 radical (unpaired) electrons. The highest BCUT2D eigenvalue weighted by molar-refractivity contribution is 7.93. The van der Waals surface area contributed by atoms with Gasteiger partial charge in [0.25, 0.3) is 15.9 Å². The summed E-state index contributed by atoms with van der Waals surface area (Å²) in [6.07, 6.45) is 0.811. The Kier molecular flexibility index (Phi) is 7.28. The molecule has 0 aliphatic rings. The zero-order valence-electron chi connectivity index (χ0n) is 19.8. The van der Waals surface area contributed by atoms with Crippen LogP contribution in [0.5, 0.6) is 5.75 Å². The van der Waals surface area contributed by atoms with E-state index in [1.165, 1.54) is 12.1 Å². The number of ether oxygens (including phenoxy) is 1. The Morgan fingerprint density at radius 1 is 0.909 bits per heavy atom. The Labute approximate surface area is 197 Å². The molecule has 0 heterocycles. The highest BCUT2D eigenvalue weighted by Gasteiger charge is 2.31. The first-order valence-electron chi connectivity index (χ1n) is 11.0. The average Bonchev–Trinajstić information content (AvgIpc) is 2.78. The van der Waals surface area contributed by atoms with Gasteiger partial charge in [-0.1, -0.05) is 75.7 Å². The summed E-state index contributed by atoms with van der Waals surface area (Å²) < 4.78 is 33.8.